The van der Waals surface area contributed by atoms with Crippen LogP contribution in [0, 0.1) is 0 Å². The van der Waals surface area contributed by atoms with E-state index in [1.54, 1.807) is 12.1 Å². The van der Waals surface area contributed by atoms with Crippen LogP contribution in [0.3, 0.4) is 0 Å². The average Bonchev–Trinajstić information content (AvgIpc) is 3.28. The summed E-state index contributed by atoms with van der Waals surface area (Å²) in [6.45, 7) is 3.11. The van der Waals surface area contributed by atoms with Gasteiger partial charge >= 0.3 is 0 Å². The Kier molecular flexibility index (Phi) is 5.45. The average molecular weight is 380 g/mol. The first kappa shape index (κ1) is 18.0. The van der Waals surface area contributed by atoms with Crippen molar-refractivity contribution in [2.45, 2.75) is 37.5 Å². The number of sulfonamides is 1. The fraction of sp³-hybridized carbons (Fsp3) is 0.438. The van der Waals surface area contributed by atoms with E-state index in [0.29, 0.717) is 18.2 Å². The summed E-state index contributed by atoms with van der Waals surface area (Å²) in [5.74, 6) is -0.391. The molecule has 9 heteroatoms. The topological polar surface area (TPSA) is 92.3 Å². The standard InChI is InChI=1S/C16H20N4O3S2/c1-2-6-14-18-19-16(24-14)17-15(21)12-7-5-8-13(11-12)25(22,23)20-9-3-4-10-20/h5,7-8,11H,2-4,6,9-10H2,1H3,(H,17,19,21). The van der Waals surface area contributed by atoms with Gasteiger partial charge in [-0.05, 0) is 37.5 Å². The summed E-state index contributed by atoms with van der Waals surface area (Å²) in [7, 11) is -3.54. The van der Waals surface area contributed by atoms with E-state index < -0.39 is 15.9 Å². The number of amides is 1. The molecular formula is C16H20N4O3S2. The molecule has 1 N–H and O–H groups in total. The number of nitrogens with one attached hydrogen (secondary N) is 1. The number of aryl methyl sites for hydroxylation is 1. The molecule has 1 saturated heterocycles. The van der Waals surface area contributed by atoms with Gasteiger partial charge < -0.3 is 0 Å². The molecule has 1 fully saturated rings. The highest BCUT2D eigenvalue weighted by Crippen LogP contribution is 2.22. The van der Waals surface area contributed by atoms with Crippen LogP contribution in [0.15, 0.2) is 29.2 Å². The van der Waals surface area contributed by atoms with Crippen molar-refractivity contribution in [2.75, 3.05) is 18.4 Å². The number of carbonyl (C=O) groups excluding carboxylic acids is 1. The molecule has 0 radical (unpaired) electrons. The van der Waals surface area contributed by atoms with Crippen molar-refractivity contribution >= 4 is 32.4 Å². The summed E-state index contributed by atoms with van der Waals surface area (Å²) in [6, 6.07) is 6.11. The molecule has 1 aromatic heterocycles. The third-order valence-corrected chi connectivity index (χ3v) is 6.74. The van der Waals surface area contributed by atoms with Crippen molar-refractivity contribution < 1.29 is 13.2 Å². The van der Waals surface area contributed by atoms with E-state index >= 15 is 0 Å². The normalized spacial score (nSPS) is 15.4. The molecule has 1 aromatic carbocycles. The second-order valence-electron chi connectivity index (χ2n) is 5.84. The van der Waals surface area contributed by atoms with Crippen LogP contribution >= 0.6 is 11.3 Å². The Hall–Kier alpha value is -1.84. The fourth-order valence-electron chi connectivity index (χ4n) is 2.66. The zero-order valence-corrected chi connectivity index (χ0v) is 15.6. The Bertz CT molecular complexity index is 858. The Labute approximate surface area is 151 Å². The number of aromatic nitrogens is 2. The number of rotatable bonds is 6. The van der Waals surface area contributed by atoms with E-state index in [2.05, 4.69) is 15.5 Å². The quantitative estimate of drug-likeness (QED) is 0.831. The van der Waals surface area contributed by atoms with E-state index in [1.807, 2.05) is 6.92 Å². The summed E-state index contributed by atoms with van der Waals surface area (Å²) in [6.07, 6.45) is 3.52. The molecule has 0 unspecified atom stereocenters. The molecule has 1 amide bonds. The van der Waals surface area contributed by atoms with Gasteiger partial charge in [0, 0.05) is 25.1 Å². The van der Waals surface area contributed by atoms with Gasteiger partial charge in [0.2, 0.25) is 15.2 Å². The number of hydrogen-bond donors (Lipinski definition) is 1. The van der Waals surface area contributed by atoms with Crippen LogP contribution in [0.2, 0.25) is 0 Å². The third kappa shape index (κ3) is 4.05. The number of anilines is 1. The molecule has 0 atom stereocenters. The number of nitrogens with zero attached hydrogens (tertiary/aromatic N) is 3. The zero-order chi connectivity index (χ0) is 17.9. The largest absolute Gasteiger partial charge is 0.296 e. The highest BCUT2D eigenvalue weighted by Gasteiger charge is 2.27. The van der Waals surface area contributed by atoms with Crippen LogP contribution in [0.4, 0.5) is 5.13 Å². The zero-order valence-electron chi connectivity index (χ0n) is 13.9. The maximum Gasteiger partial charge on any atom is 0.257 e. The monoisotopic (exact) mass is 380 g/mol. The Morgan fingerprint density at radius 3 is 2.76 bits per heavy atom. The molecule has 3 rings (SSSR count). The molecule has 2 aromatic rings. The first-order valence-corrected chi connectivity index (χ1v) is 10.5. The lowest BCUT2D eigenvalue weighted by Crippen LogP contribution is -2.28. The first-order chi connectivity index (χ1) is 12.0. The first-order valence-electron chi connectivity index (χ1n) is 8.24. The SMILES string of the molecule is CCCc1nnc(NC(=O)c2cccc(S(=O)(=O)N3CCCC3)c2)s1. The summed E-state index contributed by atoms with van der Waals surface area (Å²) in [5.41, 5.74) is 0.285. The van der Waals surface area contributed by atoms with Gasteiger partial charge in [-0.1, -0.05) is 24.3 Å². The second kappa shape index (κ2) is 7.59. The molecule has 25 heavy (non-hydrogen) atoms. The lowest BCUT2D eigenvalue weighted by atomic mass is 10.2. The number of hydrogen-bond acceptors (Lipinski definition) is 6. The van der Waals surface area contributed by atoms with Crippen molar-refractivity contribution in [1.29, 1.82) is 0 Å². The van der Waals surface area contributed by atoms with Gasteiger partial charge in [0.05, 0.1) is 4.90 Å². The predicted octanol–water partition coefficient (Wildman–Crippen LogP) is 2.53. The van der Waals surface area contributed by atoms with Crippen LogP contribution in [0.25, 0.3) is 0 Å². The highest BCUT2D eigenvalue weighted by molar-refractivity contribution is 7.89. The van der Waals surface area contributed by atoms with Gasteiger partial charge in [-0.2, -0.15) is 4.31 Å². The van der Waals surface area contributed by atoms with Gasteiger partial charge in [-0.25, -0.2) is 8.42 Å². The van der Waals surface area contributed by atoms with E-state index in [-0.39, 0.29) is 10.5 Å². The van der Waals surface area contributed by atoms with E-state index in [4.69, 9.17) is 0 Å². The molecule has 0 spiro atoms. The van der Waals surface area contributed by atoms with Crippen LogP contribution in [0.5, 0.6) is 0 Å². The van der Waals surface area contributed by atoms with Gasteiger partial charge in [-0.3, -0.25) is 10.1 Å². The molecule has 0 aliphatic carbocycles. The van der Waals surface area contributed by atoms with Crippen molar-refractivity contribution in [3.8, 4) is 0 Å². The van der Waals surface area contributed by atoms with Crippen molar-refractivity contribution in [1.82, 2.24) is 14.5 Å². The molecule has 0 saturated carbocycles. The van der Waals surface area contributed by atoms with Crippen LogP contribution in [-0.2, 0) is 16.4 Å². The minimum absolute atomic E-state index is 0.144. The molecule has 2 heterocycles. The lowest BCUT2D eigenvalue weighted by Gasteiger charge is -2.15. The minimum atomic E-state index is -3.54. The molecule has 1 aliphatic heterocycles. The van der Waals surface area contributed by atoms with Crippen LogP contribution < -0.4 is 5.32 Å². The van der Waals surface area contributed by atoms with E-state index in [9.17, 15) is 13.2 Å². The van der Waals surface area contributed by atoms with Crippen molar-refractivity contribution in [2.24, 2.45) is 0 Å². The van der Waals surface area contributed by atoms with Crippen LogP contribution in [0.1, 0.15) is 41.6 Å². The maximum atomic E-state index is 12.6. The lowest BCUT2D eigenvalue weighted by molar-refractivity contribution is 0.102. The summed E-state index contributed by atoms with van der Waals surface area (Å²) in [4.78, 5) is 12.5. The number of carbonyl (C=O) groups is 1. The second-order valence-corrected chi connectivity index (χ2v) is 8.84. The summed E-state index contributed by atoms with van der Waals surface area (Å²) < 4.78 is 26.7. The Morgan fingerprint density at radius 2 is 2.04 bits per heavy atom. The van der Waals surface area contributed by atoms with Crippen LogP contribution in [-0.4, -0.2) is 41.9 Å². The van der Waals surface area contributed by atoms with Gasteiger partial charge in [0.1, 0.15) is 5.01 Å². The van der Waals surface area contributed by atoms with Gasteiger partial charge in [0.15, 0.2) is 0 Å². The van der Waals surface area contributed by atoms with Gasteiger partial charge in [0.25, 0.3) is 5.91 Å². The summed E-state index contributed by atoms with van der Waals surface area (Å²) in [5, 5.41) is 11.9. The fourth-order valence-corrected chi connectivity index (χ4v) is 5.06. The molecule has 134 valence electrons. The molecule has 0 bridgehead atoms. The maximum absolute atomic E-state index is 12.6. The highest BCUT2D eigenvalue weighted by atomic mass is 32.2. The Morgan fingerprint density at radius 1 is 1.28 bits per heavy atom. The predicted molar refractivity (Wildman–Crippen MR) is 96.3 cm³/mol. The molecule has 1 aliphatic rings. The van der Waals surface area contributed by atoms with Crippen molar-refractivity contribution in [3.63, 3.8) is 0 Å². The Balaban J connectivity index is 1.77. The van der Waals surface area contributed by atoms with E-state index in [0.717, 1.165) is 30.7 Å². The minimum Gasteiger partial charge on any atom is -0.296 e. The third-order valence-electron chi connectivity index (χ3n) is 3.95. The van der Waals surface area contributed by atoms with E-state index in [1.165, 1.54) is 27.8 Å². The van der Waals surface area contributed by atoms with Crippen molar-refractivity contribution in [3.05, 3.63) is 34.8 Å². The van der Waals surface area contributed by atoms with Gasteiger partial charge in [-0.15, -0.1) is 10.2 Å². The number of benzene rings is 1. The molecular weight excluding hydrogens is 360 g/mol. The smallest absolute Gasteiger partial charge is 0.257 e. The summed E-state index contributed by atoms with van der Waals surface area (Å²) >= 11 is 1.33. The molecule has 7 nitrogen and oxygen atoms in total.